The molecule has 31 heavy (non-hydrogen) atoms. The van der Waals surface area contributed by atoms with Gasteiger partial charge in [-0.3, -0.25) is 9.59 Å². The first-order valence-electron chi connectivity index (χ1n) is 10.1. The van der Waals surface area contributed by atoms with E-state index in [9.17, 15) is 9.59 Å². The van der Waals surface area contributed by atoms with E-state index in [4.69, 9.17) is 11.6 Å². The lowest BCUT2D eigenvalue weighted by atomic mass is 9.97. The van der Waals surface area contributed by atoms with Crippen LogP contribution in [0.5, 0.6) is 0 Å². The monoisotopic (exact) mass is 430 g/mol. The molecule has 0 bridgehead atoms. The smallest absolute Gasteiger partial charge is 0.282 e. The van der Waals surface area contributed by atoms with Gasteiger partial charge in [-0.15, -0.1) is 0 Å². The zero-order chi connectivity index (χ0) is 22.3. The van der Waals surface area contributed by atoms with Gasteiger partial charge < -0.3 is 5.32 Å². The zero-order valence-electron chi connectivity index (χ0n) is 17.9. The van der Waals surface area contributed by atoms with E-state index in [0.29, 0.717) is 16.3 Å². The number of imide groups is 1. The van der Waals surface area contributed by atoms with Crippen LogP contribution in [-0.4, -0.2) is 11.8 Å². The molecule has 2 amide bonds. The minimum atomic E-state index is -0.401. The molecular weight excluding hydrogens is 408 g/mol. The Labute approximate surface area is 187 Å². The van der Waals surface area contributed by atoms with Crippen LogP contribution in [0.2, 0.25) is 5.02 Å². The maximum atomic E-state index is 13.6. The molecule has 0 aromatic heterocycles. The number of halogens is 1. The molecule has 1 heterocycles. The third kappa shape index (κ3) is 3.99. The van der Waals surface area contributed by atoms with Gasteiger partial charge in [-0.25, -0.2) is 4.90 Å². The zero-order valence-corrected chi connectivity index (χ0v) is 18.7. The van der Waals surface area contributed by atoms with Crippen molar-refractivity contribution in [1.82, 2.24) is 0 Å². The molecule has 0 saturated carbocycles. The van der Waals surface area contributed by atoms with Gasteiger partial charge in [-0.2, -0.15) is 0 Å². The molecule has 5 heteroatoms. The van der Waals surface area contributed by atoms with E-state index in [1.807, 2.05) is 58.0 Å². The molecule has 3 aromatic carbocycles. The molecular formula is C26H23ClN2O2. The summed E-state index contributed by atoms with van der Waals surface area (Å²) in [5, 5.41) is 3.70. The van der Waals surface area contributed by atoms with E-state index in [1.54, 1.807) is 24.3 Å². The van der Waals surface area contributed by atoms with Crippen molar-refractivity contribution in [3.05, 3.63) is 99.2 Å². The number of carbonyl (C=O) groups is 2. The summed E-state index contributed by atoms with van der Waals surface area (Å²) < 4.78 is 0. The first-order chi connectivity index (χ1) is 14.7. The first-order valence-corrected chi connectivity index (χ1v) is 10.4. The van der Waals surface area contributed by atoms with E-state index in [2.05, 4.69) is 11.4 Å². The van der Waals surface area contributed by atoms with Gasteiger partial charge in [-0.05, 0) is 80.3 Å². The van der Waals surface area contributed by atoms with Crippen LogP contribution in [0.25, 0.3) is 5.57 Å². The average Bonchev–Trinajstić information content (AvgIpc) is 2.91. The van der Waals surface area contributed by atoms with Crippen LogP contribution in [0.15, 0.2) is 66.4 Å². The summed E-state index contributed by atoms with van der Waals surface area (Å²) in [6, 6.07) is 18.6. The third-order valence-electron chi connectivity index (χ3n) is 5.29. The number of benzene rings is 3. The fourth-order valence-electron chi connectivity index (χ4n) is 4.03. The van der Waals surface area contributed by atoms with E-state index in [0.717, 1.165) is 33.5 Å². The predicted molar refractivity (Wildman–Crippen MR) is 126 cm³/mol. The summed E-state index contributed by atoms with van der Waals surface area (Å²) in [6.45, 7) is 7.94. The van der Waals surface area contributed by atoms with Crippen molar-refractivity contribution in [3.63, 3.8) is 0 Å². The van der Waals surface area contributed by atoms with E-state index < -0.39 is 5.91 Å². The van der Waals surface area contributed by atoms with Gasteiger partial charge in [0.25, 0.3) is 11.8 Å². The summed E-state index contributed by atoms with van der Waals surface area (Å²) in [6.07, 6.45) is 0. The molecule has 1 N–H and O–H groups in total. The van der Waals surface area contributed by atoms with E-state index in [-0.39, 0.29) is 11.6 Å². The fourth-order valence-corrected chi connectivity index (χ4v) is 4.22. The van der Waals surface area contributed by atoms with Gasteiger partial charge in [0.2, 0.25) is 0 Å². The molecule has 0 unspecified atom stereocenters. The van der Waals surface area contributed by atoms with E-state index >= 15 is 0 Å². The molecule has 1 aliphatic rings. The number of hydrogen-bond donors (Lipinski definition) is 1. The molecule has 4 nitrogen and oxygen atoms in total. The number of nitrogens with zero attached hydrogens (tertiary/aromatic N) is 1. The molecule has 0 fully saturated rings. The maximum absolute atomic E-state index is 13.6. The summed E-state index contributed by atoms with van der Waals surface area (Å²) in [4.78, 5) is 28.3. The Hall–Kier alpha value is -3.37. The van der Waals surface area contributed by atoms with E-state index in [1.165, 1.54) is 4.90 Å². The van der Waals surface area contributed by atoms with Crippen LogP contribution in [0.1, 0.15) is 27.8 Å². The average molecular weight is 431 g/mol. The largest absolute Gasteiger partial charge is 0.350 e. The Morgan fingerprint density at radius 1 is 0.774 bits per heavy atom. The Morgan fingerprint density at radius 3 is 2.13 bits per heavy atom. The van der Waals surface area contributed by atoms with Crippen molar-refractivity contribution >= 4 is 40.4 Å². The van der Waals surface area contributed by atoms with Crippen molar-refractivity contribution in [2.24, 2.45) is 0 Å². The maximum Gasteiger partial charge on any atom is 0.282 e. The molecule has 156 valence electrons. The lowest BCUT2D eigenvalue weighted by Crippen LogP contribution is -2.32. The quantitative estimate of drug-likeness (QED) is 0.518. The van der Waals surface area contributed by atoms with Crippen LogP contribution in [0.3, 0.4) is 0 Å². The number of anilines is 2. The minimum absolute atomic E-state index is 0.266. The highest BCUT2D eigenvalue weighted by molar-refractivity contribution is 6.46. The topological polar surface area (TPSA) is 49.4 Å². The van der Waals surface area contributed by atoms with Crippen LogP contribution < -0.4 is 10.2 Å². The van der Waals surface area contributed by atoms with Gasteiger partial charge in [-0.1, -0.05) is 47.5 Å². The second-order valence-corrected chi connectivity index (χ2v) is 8.43. The van der Waals surface area contributed by atoms with Gasteiger partial charge in [0.05, 0.1) is 11.3 Å². The summed E-state index contributed by atoms with van der Waals surface area (Å²) in [7, 11) is 0. The molecule has 0 atom stereocenters. The van der Waals surface area contributed by atoms with Crippen molar-refractivity contribution in [1.29, 1.82) is 0 Å². The lowest BCUT2D eigenvalue weighted by molar-refractivity contribution is -0.120. The van der Waals surface area contributed by atoms with Gasteiger partial charge in [0.15, 0.2) is 0 Å². The van der Waals surface area contributed by atoms with Crippen LogP contribution in [0, 0.1) is 27.7 Å². The van der Waals surface area contributed by atoms with Crippen LogP contribution >= 0.6 is 11.6 Å². The van der Waals surface area contributed by atoms with Crippen LogP contribution in [-0.2, 0) is 9.59 Å². The number of aryl methyl sites for hydroxylation is 4. The number of rotatable bonds is 4. The Bertz CT molecular complexity index is 1240. The molecule has 3 aromatic rings. The highest BCUT2D eigenvalue weighted by atomic mass is 35.5. The van der Waals surface area contributed by atoms with Gasteiger partial charge in [0, 0.05) is 10.7 Å². The van der Waals surface area contributed by atoms with Crippen molar-refractivity contribution in [3.8, 4) is 0 Å². The summed E-state index contributed by atoms with van der Waals surface area (Å²) >= 11 is 6.14. The first kappa shape index (κ1) is 20.9. The lowest BCUT2D eigenvalue weighted by Gasteiger charge is -2.16. The molecule has 4 rings (SSSR count). The second kappa shape index (κ2) is 8.05. The standard InChI is InChI=1S/C26H23ClN2O2/c1-15-8-9-22(18(4)11-15)23-24(28-20-12-16(2)10-17(3)13-20)26(31)29(25(23)30)21-7-5-6-19(27)14-21/h5-14,28H,1-4H3. The SMILES string of the molecule is Cc1cc(C)cc(NC2=C(c3ccc(C)cc3C)C(=O)N(c3cccc(Cl)c3)C2=O)c1. The third-order valence-corrected chi connectivity index (χ3v) is 5.53. The molecule has 0 aliphatic carbocycles. The number of carbonyl (C=O) groups excluding carboxylic acids is 2. The minimum Gasteiger partial charge on any atom is -0.350 e. The van der Waals surface area contributed by atoms with Gasteiger partial charge in [0.1, 0.15) is 5.70 Å². The number of nitrogens with one attached hydrogen (secondary N) is 1. The van der Waals surface area contributed by atoms with Crippen LogP contribution in [0.4, 0.5) is 11.4 Å². The Morgan fingerprint density at radius 2 is 1.48 bits per heavy atom. The highest BCUT2D eigenvalue weighted by Gasteiger charge is 2.40. The van der Waals surface area contributed by atoms with Crippen molar-refractivity contribution < 1.29 is 9.59 Å². The number of hydrogen-bond acceptors (Lipinski definition) is 3. The molecule has 0 saturated heterocycles. The number of amides is 2. The predicted octanol–water partition coefficient (Wildman–Crippen LogP) is 5.97. The summed E-state index contributed by atoms with van der Waals surface area (Å²) in [5.74, 6) is -0.771. The van der Waals surface area contributed by atoms with Gasteiger partial charge >= 0.3 is 0 Å². The molecule has 1 aliphatic heterocycles. The van der Waals surface area contributed by atoms with Crippen molar-refractivity contribution in [2.75, 3.05) is 10.2 Å². The normalized spacial score (nSPS) is 13.9. The van der Waals surface area contributed by atoms with Crippen molar-refractivity contribution in [2.45, 2.75) is 27.7 Å². The highest BCUT2D eigenvalue weighted by Crippen LogP contribution is 2.36. The summed E-state index contributed by atoms with van der Waals surface area (Å²) in [5.41, 5.74) is 6.74. The molecule has 0 spiro atoms. The Kier molecular flexibility index (Phi) is 5.42. The fraction of sp³-hybridized carbons (Fsp3) is 0.154. The molecule has 0 radical (unpaired) electrons. The second-order valence-electron chi connectivity index (χ2n) is 8.00. The Balaban J connectivity index is 1.88.